The third kappa shape index (κ3) is 4.32. The molecule has 2 atom stereocenters. The molecular formula is C17H28N2. The van der Waals surface area contributed by atoms with Gasteiger partial charge in [0.1, 0.15) is 0 Å². The monoisotopic (exact) mass is 260 g/mol. The van der Waals surface area contributed by atoms with E-state index < -0.39 is 0 Å². The molecule has 0 aromatic heterocycles. The largest absolute Gasteiger partial charge is 0.314 e. The summed E-state index contributed by atoms with van der Waals surface area (Å²) >= 11 is 0. The Labute approximate surface area is 118 Å². The molecule has 106 valence electrons. The highest BCUT2D eigenvalue weighted by atomic mass is 15.0. The normalized spacial score (nSPS) is 20.9. The molecule has 1 aliphatic heterocycles. The zero-order chi connectivity index (χ0) is 13.7. The predicted octanol–water partition coefficient (Wildman–Crippen LogP) is 3.29. The van der Waals surface area contributed by atoms with Gasteiger partial charge < -0.3 is 10.6 Å². The van der Waals surface area contributed by atoms with Gasteiger partial charge in [0, 0.05) is 12.1 Å². The van der Waals surface area contributed by atoms with E-state index in [9.17, 15) is 0 Å². The first-order valence-electron chi connectivity index (χ1n) is 7.68. The van der Waals surface area contributed by atoms with Crippen LogP contribution in [0.1, 0.15) is 50.3 Å². The van der Waals surface area contributed by atoms with Gasteiger partial charge in [-0.3, -0.25) is 0 Å². The van der Waals surface area contributed by atoms with Gasteiger partial charge in [-0.15, -0.1) is 0 Å². The van der Waals surface area contributed by atoms with E-state index in [0.29, 0.717) is 12.1 Å². The van der Waals surface area contributed by atoms with Crippen LogP contribution in [0.4, 0.5) is 0 Å². The lowest BCUT2D eigenvalue weighted by Crippen LogP contribution is -2.28. The second-order valence-electron chi connectivity index (χ2n) is 6.21. The minimum atomic E-state index is 0.476. The zero-order valence-corrected chi connectivity index (χ0v) is 12.6. The van der Waals surface area contributed by atoms with Crippen LogP contribution in [-0.2, 0) is 6.42 Å². The molecule has 0 aliphatic carbocycles. The average Bonchev–Trinajstić information content (AvgIpc) is 2.89. The first kappa shape index (κ1) is 14.5. The maximum Gasteiger partial charge on any atom is 0.0332 e. The topological polar surface area (TPSA) is 24.1 Å². The third-order valence-electron chi connectivity index (χ3n) is 4.06. The molecule has 0 amide bonds. The smallest absolute Gasteiger partial charge is 0.0332 e. The standard InChI is InChI=1S/C17H28N2/c1-13(2)11-14-6-8-15(9-7-14)17(18-3)12-16-5-4-10-19-16/h6-9,13,16-19H,4-5,10-12H2,1-3H3. The summed E-state index contributed by atoms with van der Waals surface area (Å²) in [5.74, 6) is 0.730. The summed E-state index contributed by atoms with van der Waals surface area (Å²) in [6.07, 6.45) is 5.02. The van der Waals surface area contributed by atoms with Crippen molar-refractivity contribution < 1.29 is 0 Å². The van der Waals surface area contributed by atoms with E-state index in [2.05, 4.69) is 55.8 Å². The predicted molar refractivity (Wildman–Crippen MR) is 82.4 cm³/mol. The summed E-state index contributed by atoms with van der Waals surface area (Å²) in [6, 6.07) is 10.3. The lowest BCUT2D eigenvalue weighted by molar-refractivity contribution is 0.453. The molecule has 2 unspecified atom stereocenters. The van der Waals surface area contributed by atoms with Crippen molar-refractivity contribution in [3.05, 3.63) is 35.4 Å². The van der Waals surface area contributed by atoms with E-state index >= 15 is 0 Å². The van der Waals surface area contributed by atoms with E-state index in [-0.39, 0.29) is 0 Å². The highest BCUT2D eigenvalue weighted by Crippen LogP contribution is 2.22. The summed E-state index contributed by atoms with van der Waals surface area (Å²) in [5.41, 5.74) is 2.87. The van der Waals surface area contributed by atoms with Gasteiger partial charge in [-0.2, -0.15) is 0 Å². The molecule has 19 heavy (non-hydrogen) atoms. The van der Waals surface area contributed by atoms with Crippen LogP contribution in [0.25, 0.3) is 0 Å². The summed E-state index contributed by atoms with van der Waals surface area (Å²) in [7, 11) is 2.07. The molecule has 2 N–H and O–H groups in total. The minimum Gasteiger partial charge on any atom is -0.314 e. The Kier molecular flexibility index (Phi) is 5.41. The van der Waals surface area contributed by atoms with Crippen LogP contribution >= 0.6 is 0 Å². The summed E-state index contributed by atoms with van der Waals surface area (Å²) < 4.78 is 0. The Bertz CT molecular complexity index is 363. The Balaban J connectivity index is 1.97. The van der Waals surface area contributed by atoms with E-state index in [1.165, 1.54) is 43.4 Å². The highest BCUT2D eigenvalue weighted by Gasteiger charge is 2.19. The minimum absolute atomic E-state index is 0.476. The van der Waals surface area contributed by atoms with Gasteiger partial charge in [0.15, 0.2) is 0 Å². The van der Waals surface area contributed by atoms with Crippen molar-refractivity contribution in [3.8, 4) is 0 Å². The van der Waals surface area contributed by atoms with Crippen LogP contribution in [0.15, 0.2) is 24.3 Å². The third-order valence-corrected chi connectivity index (χ3v) is 4.06. The molecule has 1 saturated heterocycles. The molecule has 0 spiro atoms. The van der Waals surface area contributed by atoms with Crippen LogP contribution in [0.5, 0.6) is 0 Å². The summed E-state index contributed by atoms with van der Waals surface area (Å²) in [5, 5.41) is 7.05. The quantitative estimate of drug-likeness (QED) is 0.820. The summed E-state index contributed by atoms with van der Waals surface area (Å²) in [4.78, 5) is 0. The second kappa shape index (κ2) is 7.06. The molecule has 2 nitrogen and oxygen atoms in total. The molecule has 1 fully saturated rings. The number of hydrogen-bond acceptors (Lipinski definition) is 2. The van der Waals surface area contributed by atoms with Crippen molar-refractivity contribution in [2.45, 2.75) is 51.6 Å². The first-order valence-corrected chi connectivity index (χ1v) is 7.68. The van der Waals surface area contributed by atoms with Crippen LogP contribution < -0.4 is 10.6 Å². The van der Waals surface area contributed by atoms with Gasteiger partial charge in [-0.1, -0.05) is 38.1 Å². The van der Waals surface area contributed by atoms with Gasteiger partial charge in [-0.05, 0) is 56.3 Å². The van der Waals surface area contributed by atoms with E-state index in [0.717, 1.165) is 5.92 Å². The van der Waals surface area contributed by atoms with Crippen molar-refractivity contribution in [1.29, 1.82) is 0 Å². The molecular weight excluding hydrogens is 232 g/mol. The van der Waals surface area contributed by atoms with E-state index in [1.54, 1.807) is 0 Å². The lowest BCUT2D eigenvalue weighted by Gasteiger charge is -2.21. The fourth-order valence-electron chi connectivity index (χ4n) is 3.02. The van der Waals surface area contributed by atoms with E-state index in [4.69, 9.17) is 0 Å². The van der Waals surface area contributed by atoms with Gasteiger partial charge in [0.05, 0.1) is 0 Å². The van der Waals surface area contributed by atoms with Crippen LogP contribution in [0.2, 0.25) is 0 Å². The Morgan fingerprint density at radius 1 is 1.26 bits per heavy atom. The molecule has 2 heteroatoms. The highest BCUT2D eigenvalue weighted by molar-refractivity contribution is 5.25. The first-order chi connectivity index (χ1) is 9.19. The fraction of sp³-hybridized carbons (Fsp3) is 0.647. The van der Waals surface area contributed by atoms with Crippen LogP contribution in [0, 0.1) is 5.92 Å². The van der Waals surface area contributed by atoms with Crippen molar-refractivity contribution >= 4 is 0 Å². The van der Waals surface area contributed by atoms with Crippen LogP contribution in [0.3, 0.4) is 0 Å². The molecule has 2 rings (SSSR count). The van der Waals surface area contributed by atoms with Crippen molar-refractivity contribution in [1.82, 2.24) is 10.6 Å². The molecule has 0 radical (unpaired) electrons. The summed E-state index contributed by atoms with van der Waals surface area (Å²) in [6.45, 7) is 5.74. The molecule has 1 aromatic rings. The van der Waals surface area contributed by atoms with Crippen LogP contribution in [-0.4, -0.2) is 19.6 Å². The lowest BCUT2D eigenvalue weighted by atomic mass is 9.96. The molecule has 1 aliphatic rings. The maximum absolute atomic E-state index is 3.59. The molecule has 1 aromatic carbocycles. The molecule has 0 bridgehead atoms. The van der Waals surface area contributed by atoms with Gasteiger partial charge in [0.2, 0.25) is 0 Å². The Morgan fingerprint density at radius 3 is 2.53 bits per heavy atom. The number of nitrogens with one attached hydrogen (secondary N) is 2. The Morgan fingerprint density at radius 2 is 2.00 bits per heavy atom. The molecule has 1 heterocycles. The van der Waals surface area contributed by atoms with Gasteiger partial charge in [-0.25, -0.2) is 0 Å². The fourth-order valence-corrected chi connectivity index (χ4v) is 3.02. The average molecular weight is 260 g/mol. The van der Waals surface area contributed by atoms with Crippen molar-refractivity contribution in [2.24, 2.45) is 5.92 Å². The zero-order valence-electron chi connectivity index (χ0n) is 12.6. The van der Waals surface area contributed by atoms with Crippen molar-refractivity contribution in [2.75, 3.05) is 13.6 Å². The van der Waals surface area contributed by atoms with Crippen molar-refractivity contribution in [3.63, 3.8) is 0 Å². The SMILES string of the molecule is CNC(CC1CCCN1)c1ccc(CC(C)C)cc1. The number of benzene rings is 1. The number of hydrogen-bond donors (Lipinski definition) is 2. The van der Waals surface area contributed by atoms with Gasteiger partial charge in [0.25, 0.3) is 0 Å². The number of rotatable bonds is 6. The van der Waals surface area contributed by atoms with E-state index in [1.807, 2.05) is 0 Å². The second-order valence-corrected chi connectivity index (χ2v) is 6.21. The van der Waals surface area contributed by atoms with Gasteiger partial charge >= 0.3 is 0 Å². The maximum atomic E-state index is 3.59. The molecule has 0 saturated carbocycles. The Hall–Kier alpha value is -0.860.